The number of rotatable bonds is 10. The number of nitrogens with zero attached hydrogens (tertiary/aromatic N) is 2. The summed E-state index contributed by atoms with van der Waals surface area (Å²) in [6.07, 6.45) is 5.33. The number of benzene rings is 1. The van der Waals surface area contributed by atoms with E-state index >= 15 is 0 Å². The molecule has 2 N–H and O–H groups in total. The number of unbranched alkanes of at least 4 members (excludes halogenated alkanes) is 1. The van der Waals surface area contributed by atoms with Crippen LogP contribution < -0.4 is 15.4 Å². The van der Waals surface area contributed by atoms with Gasteiger partial charge in [-0.25, -0.2) is 4.99 Å². The van der Waals surface area contributed by atoms with Crippen molar-refractivity contribution in [1.82, 2.24) is 15.5 Å². The van der Waals surface area contributed by atoms with Crippen molar-refractivity contribution in [2.45, 2.75) is 46.0 Å². The van der Waals surface area contributed by atoms with E-state index in [2.05, 4.69) is 34.7 Å². The van der Waals surface area contributed by atoms with E-state index in [0.717, 1.165) is 70.6 Å². The summed E-state index contributed by atoms with van der Waals surface area (Å²) in [4.78, 5) is 18.5. The number of nitrogens with one attached hydrogen (secondary N) is 2. The third-order valence-corrected chi connectivity index (χ3v) is 4.57. The van der Waals surface area contributed by atoms with Gasteiger partial charge in [0.2, 0.25) is 5.91 Å². The maximum atomic E-state index is 12.1. The highest BCUT2D eigenvalue weighted by Crippen LogP contribution is 2.13. The number of likely N-dealkylation sites (tertiary alicyclic amines) is 1. The van der Waals surface area contributed by atoms with Gasteiger partial charge in [0.15, 0.2) is 5.96 Å². The lowest BCUT2D eigenvalue weighted by Crippen LogP contribution is -2.39. The fourth-order valence-corrected chi connectivity index (χ4v) is 2.97. The highest BCUT2D eigenvalue weighted by Gasteiger charge is 2.17. The number of ether oxygens (including phenoxy) is 1. The van der Waals surface area contributed by atoms with Crippen LogP contribution in [-0.2, 0) is 11.2 Å². The normalized spacial score (nSPS) is 13.8. The molecular weight excluding hydrogens is 467 g/mol. The summed E-state index contributed by atoms with van der Waals surface area (Å²) in [6, 6.07) is 8.26. The van der Waals surface area contributed by atoms with Crippen molar-refractivity contribution in [2.75, 3.05) is 39.3 Å². The molecule has 6 nitrogen and oxygen atoms in total. The van der Waals surface area contributed by atoms with Crippen molar-refractivity contribution in [2.24, 2.45) is 4.99 Å². The van der Waals surface area contributed by atoms with Crippen LogP contribution in [0.25, 0.3) is 0 Å². The molecule has 1 fully saturated rings. The predicted molar refractivity (Wildman–Crippen MR) is 126 cm³/mol. The van der Waals surface area contributed by atoms with Gasteiger partial charge in [-0.2, -0.15) is 0 Å². The first-order valence-electron chi connectivity index (χ1n) is 10.2. The fraction of sp³-hybridized carbons (Fsp3) is 0.619. The second-order valence-corrected chi connectivity index (χ2v) is 6.81. The molecule has 1 heterocycles. The number of hydrogen-bond donors (Lipinski definition) is 2. The molecule has 0 spiro atoms. The van der Waals surface area contributed by atoms with E-state index in [4.69, 9.17) is 4.74 Å². The number of hydrogen-bond acceptors (Lipinski definition) is 3. The Morgan fingerprint density at radius 1 is 1.14 bits per heavy atom. The first-order valence-corrected chi connectivity index (χ1v) is 10.2. The maximum absolute atomic E-state index is 12.1. The monoisotopic (exact) mass is 502 g/mol. The number of aliphatic imine (C=N–C) groups is 1. The molecule has 0 bridgehead atoms. The minimum Gasteiger partial charge on any atom is -0.494 e. The average Bonchev–Trinajstić information content (AvgIpc) is 3.22. The Balaban J connectivity index is 0.00000392. The highest BCUT2D eigenvalue weighted by atomic mass is 127. The molecule has 0 aromatic heterocycles. The van der Waals surface area contributed by atoms with Crippen LogP contribution in [0.15, 0.2) is 29.3 Å². The molecule has 1 aromatic rings. The average molecular weight is 502 g/mol. The van der Waals surface area contributed by atoms with Crippen molar-refractivity contribution in [3.8, 4) is 5.75 Å². The standard InChI is InChI=1S/C21H34N4O2.HI/c1-3-5-16-27-19-10-8-18(9-11-19)12-13-23-21(22-4-2)24-17-20(26)25-14-6-7-15-25;/h8-11H,3-7,12-17H2,1-2H3,(H2,22,23,24);1H. The van der Waals surface area contributed by atoms with Gasteiger partial charge in [-0.1, -0.05) is 25.5 Å². The Morgan fingerprint density at radius 2 is 1.86 bits per heavy atom. The fourth-order valence-electron chi connectivity index (χ4n) is 2.97. The van der Waals surface area contributed by atoms with E-state index in [1.165, 1.54) is 5.56 Å². The van der Waals surface area contributed by atoms with Crippen molar-refractivity contribution in [3.05, 3.63) is 29.8 Å². The first kappa shape index (κ1) is 24.5. The summed E-state index contributed by atoms with van der Waals surface area (Å²) >= 11 is 0. The summed E-state index contributed by atoms with van der Waals surface area (Å²) in [5, 5.41) is 6.51. The third kappa shape index (κ3) is 9.12. The molecule has 1 aliphatic rings. The number of halogens is 1. The highest BCUT2D eigenvalue weighted by molar-refractivity contribution is 14.0. The van der Waals surface area contributed by atoms with E-state index in [0.29, 0.717) is 5.96 Å². The van der Waals surface area contributed by atoms with Crippen molar-refractivity contribution in [1.29, 1.82) is 0 Å². The van der Waals surface area contributed by atoms with Gasteiger partial charge in [0.05, 0.1) is 6.61 Å². The van der Waals surface area contributed by atoms with Gasteiger partial charge >= 0.3 is 0 Å². The van der Waals surface area contributed by atoms with Crippen LogP contribution in [0, 0.1) is 0 Å². The van der Waals surface area contributed by atoms with Gasteiger partial charge in [0.25, 0.3) is 0 Å². The van der Waals surface area contributed by atoms with Crippen LogP contribution >= 0.6 is 24.0 Å². The number of carbonyl (C=O) groups is 1. The van der Waals surface area contributed by atoms with Crippen molar-refractivity contribution in [3.63, 3.8) is 0 Å². The van der Waals surface area contributed by atoms with Gasteiger partial charge in [-0.15, -0.1) is 24.0 Å². The molecule has 0 saturated carbocycles. The van der Waals surface area contributed by atoms with Crippen LogP contribution in [0.4, 0.5) is 0 Å². The summed E-state index contributed by atoms with van der Waals surface area (Å²) in [5.74, 6) is 1.74. The Labute approximate surface area is 186 Å². The second-order valence-electron chi connectivity index (χ2n) is 6.81. The van der Waals surface area contributed by atoms with E-state index in [1.807, 2.05) is 24.0 Å². The molecule has 1 saturated heterocycles. The molecular formula is C21H35IN4O2. The first-order chi connectivity index (χ1) is 13.2. The lowest BCUT2D eigenvalue weighted by atomic mass is 10.1. The van der Waals surface area contributed by atoms with E-state index in [1.54, 1.807) is 0 Å². The zero-order valence-electron chi connectivity index (χ0n) is 17.2. The minimum atomic E-state index is 0. The smallest absolute Gasteiger partial charge is 0.244 e. The Hall–Kier alpha value is -1.51. The van der Waals surface area contributed by atoms with E-state index < -0.39 is 0 Å². The summed E-state index contributed by atoms with van der Waals surface area (Å²) < 4.78 is 5.69. The Bertz CT molecular complexity index is 587. The molecule has 1 aliphatic heterocycles. The molecule has 1 amide bonds. The minimum absolute atomic E-state index is 0. The van der Waals surface area contributed by atoms with E-state index in [9.17, 15) is 4.79 Å². The Kier molecular flexibility index (Phi) is 12.7. The zero-order chi connectivity index (χ0) is 19.3. The van der Waals surface area contributed by atoms with Crippen LogP contribution in [0.5, 0.6) is 5.75 Å². The molecule has 1 aromatic carbocycles. The molecule has 0 radical (unpaired) electrons. The van der Waals surface area contributed by atoms with Crippen LogP contribution in [0.2, 0.25) is 0 Å². The molecule has 0 aliphatic carbocycles. The van der Waals surface area contributed by atoms with Crippen LogP contribution in [0.3, 0.4) is 0 Å². The summed E-state index contributed by atoms with van der Waals surface area (Å²) in [6.45, 7) is 8.44. The topological polar surface area (TPSA) is 66.0 Å². The number of carbonyl (C=O) groups excluding carboxylic acids is 1. The van der Waals surface area contributed by atoms with Gasteiger partial charge in [0.1, 0.15) is 12.3 Å². The van der Waals surface area contributed by atoms with Gasteiger partial charge in [-0.3, -0.25) is 4.79 Å². The van der Waals surface area contributed by atoms with Crippen LogP contribution in [0.1, 0.15) is 45.1 Å². The molecule has 7 heteroatoms. The molecule has 0 unspecified atom stereocenters. The van der Waals surface area contributed by atoms with Gasteiger partial charge < -0.3 is 20.3 Å². The largest absolute Gasteiger partial charge is 0.494 e. The predicted octanol–water partition coefficient (Wildman–Crippen LogP) is 3.20. The molecule has 158 valence electrons. The maximum Gasteiger partial charge on any atom is 0.244 e. The SMILES string of the molecule is CCCCOc1ccc(CCNC(=NCC(=O)N2CCCC2)NCC)cc1.I. The lowest BCUT2D eigenvalue weighted by molar-refractivity contribution is -0.128. The third-order valence-electron chi connectivity index (χ3n) is 4.57. The van der Waals surface area contributed by atoms with Crippen LogP contribution in [-0.4, -0.2) is 56.1 Å². The summed E-state index contributed by atoms with van der Waals surface area (Å²) in [5.41, 5.74) is 1.24. The van der Waals surface area contributed by atoms with Crippen molar-refractivity contribution >= 4 is 35.8 Å². The molecule has 28 heavy (non-hydrogen) atoms. The Morgan fingerprint density at radius 3 is 2.50 bits per heavy atom. The number of amides is 1. The quantitative estimate of drug-likeness (QED) is 0.223. The molecule has 0 atom stereocenters. The van der Waals surface area contributed by atoms with Gasteiger partial charge in [-0.05, 0) is 50.3 Å². The van der Waals surface area contributed by atoms with E-state index in [-0.39, 0.29) is 36.4 Å². The second kappa shape index (κ2) is 14.5. The van der Waals surface area contributed by atoms with Crippen molar-refractivity contribution < 1.29 is 9.53 Å². The zero-order valence-corrected chi connectivity index (χ0v) is 19.5. The molecule has 2 rings (SSSR count). The van der Waals surface area contributed by atoms with Gasteiger partial charge in [0, 0.05) is 26.2 Å². The lowest BCUT2D eigenvalue weighted by Gasteiger charge is -2.15. The number of guanidine groups is 1. The summed E-state index contributed by atoms with van der Waals surface area (Å²) in [7, 11) is 0.